The van der Waals surface area contributed by atoms with Crippen molar-refractivity contribution in [3.63, 3.8) is 0 Å². The van der Waals surface area contributed by atoms with Crippen LogP contribution in [0.15, 0.2) is 10.7 Å². The van der Waals surface area contributed by atoms with Gasteiger partial charge in [0.1, 0.15) is 12.3 Å². The molecule has 1 amide bonds. The number of aliphatic hydroxyl groups excluding tert-OH is 1. The van der Waals surface area contributed by atoms with Gasteiger partial charge in [0.05, 0.1) is 6.10 Å². The van der Waals surface area contributed by atoms with E-state index in [9.17, 15) is 9.90 Å². The summed E-state index contributed by atoms with van der Waals surface area (Å²) in [6.07, 6.45) is 7.56. The van der Waals surface area contributed by atoms with Crippen LogP contribution in [0.2, 0.25) is 0 Å². The maximum Gasteiger partial charge on any atom is 0.273 e. The maximum absolute atomic E-state index is 11.8. The molecule has 1 rings (SSSR count). The molecule has 2 atom stereocenters. The molecule has 2 unspecified atom stereocenters. The van der Waals surface area contributed by atoms with Crippen LogP contribution in [0.1, 0.15) is 74.8 Å². The Balaban J connectivity index is 2.26. The predicted molar refractivity (Wildman–Crippen MR) is 80.8 cm³/mol. The van der Waals surface area contributed by atoms with Gasteiger partial charge >= 0.3 is 0 Å². The van der Waals surface area contributed by atoms with E-state index >= 15 is 0 Å². The third-order valence-corrected chi connectivity index (χ3v) is 3.38. The lowest BCUT2D eigenvalue weighted by atomic mass is 10.1. The van der Waals surface area contributed by atoms with Gasteiger partial charge < -0.3 is 20.6 Å². The van der Waals surface area contributed by atoms with Gasteiger partial charge in [-0.15, -0.1) is 0 Å². The normalized spacial score (nSPS) is 13.9. The van der Waals surface area contributed by atoms with E-state index in [0.29, 0.717) is 6.54 Å². The van der Waals surface area contributed by atoms with Crippen LogP contribution in [0.5, 0.6) is 0 Å². The lowest BCUT2D eigenvalue weighted by Gasteiger charge is -2.09. The smallest absolute Gasteiger partial charge is 0.273 e. The molecule has 0 aliphatic heterocycles. The number of hydrogen-bond donors (Lipinski definition) is 3. The molecule has 120 valence electrons. The summed E-state index contributed by atoms with van der Waals surface area (Å²) in [6, 6.07) is -0.717. The number of nitrogens with two attached hydrogens (primary N) is 1. The number of rotatable bonds is 10. The van der Waals surface area contributed by atoms with Crippen LogP contribution >= 0.6 is 0 Å². The van der Waals surface area contributed by atoms with Gasteiger partial charge in [-0.2, -0.15) is 0 Å². The number of nitrogens with one attached hydrogen (secondary N) is 1. The molecule has 0 aromatic carbocycles. The Labute approximate surface area is 126 Å². The van der Waals surface area contributed by atoms with E-state index in [1.165, 1.54) is 31.9 Å². The van der Waals surface area contributed by atoms with Gasteiger partial charge in [0.2, 0.25) is 5.89 Å². The summed E-state index contributed by atoms with van der Waals surface area (Å²) in [4.78, 5) is 15.9. The molecular formula is C15H27N3O3. The SMILES string of the molecule is CCCCCCCCNC(=O)c1coc(C(N)C(C)O)n1. The number of hydrogen-bond acceptors (Lipinski definition) is 5. The fraction of sp³-hybridized carbons (Fsp3) is 0.733. The quantitative estimate of drug-likeness (QED) is 0.574. The van der Waals surface area contributed by atoms with E-state index in [1.54, 1.807) is 6.92 Å². The summed E-state index contributed by atoms with van der Waals surface area (Å²) >= 11 is 0. The highest BCUT2D eigenvalue weighted by atomic mass is 16.3. The van der Waals surface area contributed by atoms with E-state index in [4.69, 9.17) is 10.2 Å². The van der Waals surface area contributed by atoms with E-state index in [0.717, 1.165) is 12.8 Å². The predicted octanol–water partition coefficient (Wildman–Crippen LogP) is 2.15. The molecule has 0 saturated carbocycles. The van der Waals surface area contributed by atoms with Crippen molar-refractivity contribution < 1.29 is 14.3 Å². The molecule has 0 aliphatic carbocycles. The lowest BCUT2D eigenvalue weighted by Crippen LogP contribution is -2.26. The van der Waals surface area contributed by atoms with Crippen LogP contribution in [0, 0.1) is 0 Å². The minimum absolute atomic E-state index is 0.176. The zero-order valence-corrected chi connectivity index (χ0v) is 13.0. The second-order valence-corrected chi connectivity index (χ2v) is 5.36. The Hall–Kier alpha value is -1.40. The lowest BCUT2D eigenvalue weighted by molar-refractivity contribution is 0.0947. The van der Waals surface area contributed by atoms with Gasteiger partial charge in [-0.25, -0.2) is 4.98 Å². The number of amides is 1. The Bertz CT molecular complexity index is 418. The standard InChI is InChI=1S/C15H27N3O3/c1-3-4-5-6-7-8-9-17-14(20)12-10-21-15(18-12)13(16)11(2)19/h10-11,13,19H,3-9,16H2,1-2H3,(H,17,20). The fourth-order valence-corrected chi connectivity index (χ4v) is 1.95. The number of oxazole rings is 1. The Morgan fingerprint density at radius 2 is 2.05 bits per heavy atom. The van der Waals surface area contributed by atoms with Crippen LogP contribution in [0.3, 0.4) is 0 Å². The Morgan fingerprint density at radius 1 is 1.38 bits per heavy atom. The van der Waals surface area contributed by atoms with E-state index in [2.05, 4.69) is 17.2 Å². The van der Waals surface area contributed by atoms with Crippen LogP contribution in [0.25, 0.3) is 0 Å². The van der Waals surface area contributed by atoms with Crippen molar-refractivity contribution in [2.24, 2.45) is 5.73 Å². The minimum atomic E-state index is -0.775. The summed E-state index contributed by atoms with van der Waals surface area (Å²) in [5.41, 5.74) is 5.89. The number of carbonyl (C=O) groups excluding carboxylic acids is 1. The molecule has 0 saturated heterocycles. The summed E-state index contributed by atoms with van der Waals surface area (Å²) in [6.45, 7) is 4.37. The Kier molecular flexibility index (Phi) is 8.00. The van der Waals surface area contributed by atoms with Gasteiger partial charge in [0, 0.05) is 6.54 Å². The van der Waals surface area contributed by atoms with Crippen LogP contribution in [0.4, 0.5) is 0 Å². The van der Waals surface area contributed by atoms with Crippen LogP contribution in [-0.4, -0.2) is 28.6 Å². The summed E-state index contributed by atoms with van der Waals surface area (Å²) in [5.74, 6) is -0.0916. The largest absolute Gasteiger partial charge is 0.446 e. The average Bonchev–Trinajstić information content (AvgIpc) is 2.95. The maximum atomic E-state index is 11.8. The second kappa shape index (κ2) is 9.52. The fourth-order valence-electron chi connectivity index (χ4n) is 1.95. The molecule has 4 N–H and O–H groups in total. The molecule has 0 bridgehead atoms. The molecule has 1 heterocycles. The highest BCUT2D eigenvalue weighted by Crippen LogP contribution is 2.13. The average molecular weight is 297 g/mol. The molecule has 1 aromatic rings. The molecule has 0 fully saturated rings. The molecule has 0 spiro atoms. The minimum Gasteiger partial charge on any atom is -0.446 e. The van der Waals surface area contributed by atoms with Gasteiger partial charge in [-0.3, -0.25) is 4.79 Å². The van der Waals surface area contributed by atoms with Crippen molar-refractivity contribution in [2.45, 2.75) is 64.5 Å². The van der Waals surface area contributed by atoms with Gasteiger partial charge in [0.15, 0.2) is 5.69 Å². The van der Waals surface area contributed by atoms with Crippen molar-refractivity contribution in [3.8, 4) is 0 Å². The highest BCUT2D eigenvalue weighted by Gasteiger charge is 2.20. The molecule has 0 aliphatic rings. The van der Waals surface area contributed by atoms with Crippen molar-refractivity contribution >= 4 is 5.91 Å². The third kappa shape index (κ3) is 6.27. The molecular weight excluding hydrogens is 270 g/mol. The summed E-state index contributed by atoms with van der Waals surface area (Å²) in [7, 11) is 0. The highest BCUT2D eigenvalue weighted by molar-refractivity contribution is 5.91. The second-order valence-electron chi connectivity index (χ2n) is 5.36. The topological polar surface area (TPSA) is 101 Å². The molecule has 21 heavy (non-hydrogen) atoms. The van der Waals surface area contributed by atoms with Crippen molar-refractivity contribution in [3.05, 3.63) is 17.8 Å². The van der Waals surface area contributed by atoms with E-state index in [-0.39, 0.29) is 17.5 Å². The number of carbonyl (C=O) groups is 1. The molecule has 6 heteroatoms. The first-order chi connectivity index (χ1) is 10.1. The first-order valence-corrected chi connectivity index (χ1v) is 7.73. The van der Waals surface area contributed by atoms with E-state index in [1.807, 2.05) is 0 Å². The van der Waals surface area contributed by atoms with E-state index < -0.39 is 12.1 Å². The van der Waals surface area contributed by atoms with Gasteiger partial charge in [-0.05, 0) is 13.3 Å². The number of nitrogens with zero attached hydrogens (tertiary/aromatic N) is 1. The zero-order chi connectivity index (χ0) is 15.7. The zero-order valence-electron chi connectivity index (χ0n) is 13.0. The van der Waals surface area contributed by atoms with Crippen molar-refractivity contribution in [1.82, 2.24) is 10.3 Å². The number of aliphatic hydroxyl groups is 1. The van der Waals surface area contributed by atoms with Crippen LogP contribution in [-0.2, 0) is 0 Å². The molecule has 1 aromatic heterocycles. The molecule has 6 nitrogen and oxygen atoms in total. The van der Waals surface area contributed by atoms with Crippen molar-refractivity contribution in [1.29, 1.82) is 0 Å². The first kappa shape index (κ1) is 17.7. The van der Waals surface area contributed by atoms with Crippen molar-refractivity contribution in [2.75, 3.05) is 6.54 Å². The third-order valence-electron chi connectivity index (χ3n) is 3.38. The summed E-state index contributed by atoms with van der Waals surface area (Å²) in [5, 5.41) is 12.2. The number of unbranched alkanes of at least 4 members (excludes halogenated alkanes) is 5. The summed E-state index contributed by atoms with van der Waals surface area (Å²) < 4.78 is 5.12. The first-order valence-electron chi connectivity index (χ1n) is 7.73. The van der Waals surface area contributed by atoms with Crippen LogP contribution < -0.4 is 11.1 Å². The van der Waals surface area contributed by atoms with Gasteiger partial charge in [0.25, 0.3) is 5.91 Å². The van der Waals surface area contributed by atoms with Gasteiger partial charge in [-0.1, -0.05) is 39.0 Å². The Morgan fingerprint density at radius 3 is 2.71 bits per heavy atom. The monoisotopic (exact) mass is 297 g/mol. The number of aromatic nitrogens is 1. The molecule has 0 radical (unpaired) electrons.